The van der Waals surface area contributed by atoms with Crippen LogP contribution >= 0.6 is 11.6 Å². The fraction of sp³-hybridized carbons (Fsp3) is 0.269. The number of ether oxygens (including phenoxy) is 1. The maximum absolute atomic E-state index is 14.1. The molecule has 0 fully saturated rings. The molecule has 0 aliphatic heterocycles. The van der Waals surface area contributed by atoms with Crippen molar-refractivity contribution in [2.24, 2.45) is 0 Å². The van der Waals surface area contributed by atoms with Crippen molar-refractivity contribution in [3.05, 3.63) is 92.6 Å². The Kier molecular flexibility index (Phi) is 8.33. The Bertz CT molecular complexity index is 1560. The van der Waals surface area contributed by atoms with Crippen LogP contribution in [-0.4, -0.2) is 37.5 Å². The Morgan fingerprint density at radius 3 is 2.47 bits per heavy atom. The zero-order valence-corrected chi connectivity index (χ0v) is 21.1. The monoisotopic (exact) mass is 539 g/mol. The summed E-state index contributed by atoms with van der Waals surface area (Å²) in [4.78, 5) is 29.9. The maximum Gasteiger partial charge on any atom is 0.277 e. The Labute approximate surface area is 224 Å². The molecule has 4 aromatic heterocycles. The third-order valence-corrected chi connectivity index (χ3v) is 5.79. The average Bonchev–Trinajstić information content (AvgIpc) is 2.83. The second-order valence-electron chi connectivity index (χ2n) is 8.84. The molecule has 0 aliphatic rings. The molecule has 12 heteroatoms. The third kappa shape index (κ3) is 5.73. The first-order chi connectivity index (χ1) is 17.4. The normalized spacial score (nSPS) is 12.1. The van der Waals surface area contributed by atoms with E-state index in [2.05, 4.69) is 19.9 Å². The number of halogens is 3. The second kappa shape index (κ2) is 11.0. The van der Waals surface area contributed by atoms with Gasteiger partial charge in [-0.25, -0.2) is 18.7 Å². The lowest BCUT2D eigenvalue weighted by molar-refractivity contribution is 0.0688. The second-order valence-corrected chi connectivity index (χ2v) is 9.22. The number of aryl methyl sites for hydroxylation is 2. The van der Waals surface area contributed by atoms with Crippen LogP contribution in [0.5, 0.6) is 5.75 Å². The number of aromatic nitrogens is 5. The lowest BCUT2D eigenvalue weighted by Crippen LogP contribution is -2.23. The predicted octanol–water partition coefficient (Wildman–Crippen LogP) is 4.74. The number of nitrogens with zero attached hydrogens (tertiary/aromatic N) is 5. The van der Waals surface area contributed by atoms with E-state index in [1.54, 1.807) is 46.0 Å². The third-order valence-electron chi connectivity index (χ3n) is 5.44. The van der Waals surface area contributed by atoms with Gasteiger partial charge in [-0.05, 0) is 45.4 Å². The van der Waals surface area contributed by atoms with Crippen LogP contribution in [-0.2, 0) is 5.60 Å². The van der Waals surface area contributed by atoms with E-state index in [9.17, 15) is 18.7 Å². The van der Waals surface area contributed by atoms with Crippen molar-refractivity contribution in [1.29, 1.82) is 0 Å². The molecule has 0 saturated carbocycles. The van der Waals surface area contributed by atoms with Gasteiger partial charge in [-0.2, -0.15) is 0 Å². The predicted molar refractivity (Wildman–Crippen MR) is 141 cm³/mol. The Morgan fingerprint density at radius 2 is 1.82 bits per heavy atom. The van der Waals surface area contributed by atoms with Crippen LogP contribution in [0.4, 0.5) is 8.78 Å². The van der Waals surface area contributed by atoms with Gasteiger partial charge in [0.25, 0.3) is 5.56 Å². The SMILES string of the molecule is C.[B]C(Oc1cc(C)n(-c2cc(-c3ccnc(C(C)(C)O)n3)ncc2C)c(=O)c1Cl)c1ncc(F)cc1F. The summed E-state index contributed by atoms with van der Waals surface area (Å²) >= 11 is 6.34. The topological polar surface area (TPSA) is 103 Å². The highest BCUT2D eigenvalue weighted by atomic mass is 35.5. The van der Waals surface area contributed by atoms with E-state index in [-0.39, 0.29) is 29.7 Å². The largest absolute Gasteiger partial charge is 0.492 e. The van der Waals surface area contributed by atoms with Crippen LogP contribution in [0.15, 0.2) is 47.7 Å². The highest BCUT2D eigenvalue weighted by Crippen LogP contribution is 2.29. The average molecular weight is 540 g/mol. The fourth-order valence-corrected chi connectivity index (χ4v) is 3.77. The molecule has 1 atom stereocenters. The minimum atomic E-state index is -1.44. The summed E-state index contributed by atoms with van der Waals surface area (Å²) in [5.74, 6) is -1.73. The van der Waals surface area contributed by atoms with Crippen molar-refractivity contribution in [3.63, 3.8) is 0 Å². The van der Waals surface area contributed by atoms with E-state index in [1.165, 1.54) is 16.8 Å². The van der Waals surface area contributed by atoms with Crippen LogP contribution in [0.1, 0.15) is 50.1 Å². The van der Waals surface area contributed by atoms with Gasteiger partial charge in [0.05, 0.1) is 29.3 Å². The van der Waals surface area contributed by atoms with E-state index >= 15 is 0 Å². The number of aliphatic hydroxyl groups is 1. The van der Waals surface area contributed by atoms with Gasteiger partial charge in [-0.3, -0.25) is 19.3 Å². The number of pyridine rings is 3. The molecule has 0 bridgehead atoms. The summed E-state index contributed by atoms with van der Waals surface area (Å²) in [5, 5.41) is 9.96. The Morgan fingerprint density at radius 1 is 1.11 bits per heavy atom. The molecule has 0 aliphatic carbocycles. The van der Waals surface area contributed by atoms with Gasteiger partial charge in [0, 0.05) is 30.2 Å². The smallest absolute Gasteiger partial charge is 0.277 e. The summed E-state index contributed by atoms with van der Waals surface area (Å²) in [6, 6.07) is 3.97. The lowest BCUT2D eigenvalue weighted by Gasteiger charge is -2.20. The number of rotatable bonds is 6. The van der Waals surface area contributed by atoms with Gasteiger partial charge < -0.3 is 9.84 Å². The van der Waals surface area contributed by atoms with E-state index < -0.39 is 28.8 Å². The van der Waals surface area contributed by atoms with Gasteiger partial charge >= 0.3 is 0 Å². The van der Waals surface area contributed by atoms with Crippen molar-refractivity contribution in [2.45, 2.75) is 46.7 Å². The molecule has 0 spiro atoms. The molecular weight excluding hydrogens is 515 g/mol. The fourth-order valence-electron chi connectivity index (χ4n) is 3.58. The van der Waals surface area contributed by atoms with Gasteiger partial charge in [0.15, 0.2) is 11.6 Å². The van der Waals surface area contributed by atoms with Crippen LogP contribution in [0.2, 0.25) is 5.02 Å². The first kappa shape index (κ1) is 28.9. The molecular formula is C26H25BClF2N5O3. The van der Waals surface area contributed by atoms with Crippen LogP contribution in [0.25, 0.3) is 17.1 Å². The van der Waals surface area contributed by atoms with Crippen molar-refractivity contribution in [2.75, 3.05) is 0 Å². The Hall–Kier alpha value is -3.70. The van der Waals surface area contributed by atoms with E-state index in [0.717, 1.165) is 6.20 Å². The number of hydrogen-bond acceptors (Lipinski definition) is 7. The standard InChI is InChI=1S/C25H21BClF2N5O3.CH4/c1-12-10-31-17(16-5-6-30-24(33-16)25(3,4)36)9-18(12)34-13(2)7-19(20(27)23(34)35)37-22(26)21-15(29)8-14(28)11-32-21;/h5-11,22,36H,1-4H3;1H4. The van der Waals surface area contributed by atoms with Gasteiger partial charge in [0.2, 0.25) is 0 Å². The van der Waals surface area contributed by atoms with Gasteiger partial charge in [0.1, 0.15) is 35.7 Å². The van der Waals surface area contributed by atoms with Gasteiger partial charge in [-0.15, -0.1) is 0 Å². The molecule has 0 saturated heterocycles. The van der Waals surface area contributed by atoms with Crippen molar-refractivity contribution in [1.82, 2.24) is 24.5 Å². The highest BCUT2D eigenvalue weighted by molar-refractivity contribution is 6.31. The first-order valence-electron chi connectivity index (χ1n) is 11.1. The summed E-state index contributed by atoms with van der Waals surface area (Å²) in [6.45, 7) is 6.57. The summed E-state index contributed by atoms with van der Waals surface area (Å²) < 4.78 is 34.2. The molecule has 196 valence electrons. The lowest BCUT2D eigenvalue weighted by atomic mass is 9.95. The molecule has 2 radical (unpaired) electrons. The van der Waals surface area contributed by atoms with Crippen molar-refractivity contribution in [3.8, 4) is 22.8 Å². The molecule has 1 N–H and O–H groups in total. The molecule has 4 rings (SSSR count). The van der Waals surface area contributed by atoms with Crippen LogP contribution < -0.4 is 10.3 Å². The van der Waals surface area contributed by atoms with Crippen molar-refractivity contribution < 1.29 is 18.6 Å². The van der Waals surface area contributed by atoms with Crippen molar-refractivity contribution >= 4 is 19.4 Å². The Balaban J connectivity index is 0.00000400. The van der Waals surface area contributed by atoms with E-state index in [0.29, 0.717) is 34.4 Å². The van der Waals surface area contributed by atoms with E-state index in [1.807, 2.05) is 0 Å². The minimum absolute atomic E-state index is 0. The zero-order valence-electron chi connectivity index (χ0n) is 20.3. The summed E-state index contributed by atoms with van der Waals surface area (Å²) in [5.41, 5.74) is 0.267. The molecule has 4 aromatic rings. The van der Waals surface area contributed by atoms with Crippen LogP contribution in [0, 0.1) is 25.5 Å². The molecule has 1 unspecified atom stereocenters. The molecule has 38 heavy (non-hydrogen) atoms. The quantitative estimate of drug-likeness (QED) is 0.353. The summed E-state index contributed by atoms with van der Waals surface area (Å²) in [6.07, 6.45) is 3.90. The van der Waals surface area contributed by atoms with Gasteiger partial charge in [-0.1, -0.05) is 19.0 Å². The molecule has 0 aromatic carbocycles. The summed E-state index contributed by atoms with van der Waals surface area (Å²) in [7, 11) is 5.89. The zero-order chi connectivity index (χ0) is 27.1. The highest BCUT2D eigenvalue weighted by Gasteiger charge is 2.22. The molecule has 4 heterocycles. The maximum atomic E-state index is 14.1. The first-order valence-corrected chi connectivity index (χ1v) is 11.4. The minimum Gasteiger partial charge on any atom is -0.492 e. The van der Waals surface area contributed by atoms with Crippen LogP contribution in [0.3, 0.4) is 0 Å². The van der Waals surface area contributed by atoms with E-state index in [4.69, 9.17) is 24.2 Å². The molecule has 8 nitrogen and oxygen atoms in total. The number of hydrogen-bond donors (Lipinski definition) is 1. The molecule has 0 amide bonds.